The van der Waals surface area contributed by atoms with Gasteiger partial charge in [-0.15, -0.1) is 23.4 Å². The zero-order chi connectivity index (χ0) is 17.7. The van der Waals surface area contributed by atoms with Crippen LogP contribution < -0.4 is 0 Å². The molecule has 130 valence electrons. The lowest BCUT2D eigenvalue weighted by atomic mass is 10.1. The van der Waals surface area contributed by atoms with Crippen LogP contribution in [0, 0.1) is 0 Å². The van der Waals surface area contributed by atoms with E-state index in [0.29, 0.717) is 24.4 Å². The van der Waals surface area contributed by atoms with Crippen LogP contribution in [0.4, 0.5) is 13.2 Å². The molecule has 0 aliphatic carbocycles. The SMILES string of the molecule is CC(C)(O)c1nnc2n1CCN(C(=O)c1cnn(C(F)(F)F)c1)C2. The molecule has 0 radical (unpaired) electrons. The van der Waals surface area contributed by atoms with Crippen molar-refractivity contribution in [1.82, 2.24) is 29.4 Å². The molecule has 0 saturated heterocycles. The van der Waals surface area contributed by atoms with Crippen LogP contribution in [-0.4, -0.2) is 47.0 Å². The molecule has 11 heteroatoms. The predicted octanol–water partition coefficient (Wildman–Crippen LogP) is 0.834. The van der Waals surface area contributed by atoms with Gasteiger partial charge in [0.25, 0.3) is 5.91 Å². The zero-order valence-electron chi connectivity index (χ0n) is 12.9. The molecule has 1 aliphatic rings. The van der Waals surface area contributed by atoms with Crippen LogP contribution in [-0.2, 0) is 25.0 Å². The standard InChI is InChI=1S/C13H15F3N6O2/c1-12(2,24)11-19-18-9-7-20(3-4-21(9)11)10(23)8-5-17-22(6-8)13(14,15)16/h5-6,24H,3-4,7H2,1-2H3. The quantitative estimate of drug-likeness (QED) is 0.872. The minimum atomic E-state index is -4.66. The average molecular weight is 344 g/mol. The van der Waals surface area contributed by atoms with Crippen molar-refractivity contribution >= 4 is 5.91 Å². The van der Waals surface area contributed by atoms with Gasteiger partial charge in [-0.05, 0) is 13.8 Å². The van der Waals surface area contributed by atoms with Crippen molar-refractivity contribution in [3.8, 4) is 0 Å². The van der Waals surface area contributed by atoms with Gasteiger partial charge in [-0.25, -0.2) is 0 Å². The second-order valence-corrected chi connectivity index (χ2v) is 6.02. The molecule has 0 fully saturated rings. The molecule has 0 atom stereocenters. The Kier molecular flexibility index (Phi) is 3.62. The number of hydrogen-bond acceptors (Lipinski definition) is 5. The Balaban J connectivity index is 1.80. The first kappa shape index (κ1) is 16.4. The fraction of sp³-hybridized carbons (Fsp3) is 0.538. The lowest BCUT2D eigenvalue weighted by Gasteiger charge is -2.29. The van der Waals surface area contributed by atoms with Crippen LogP contribution >= 0.6 is 0 Å². The third-order valence-electron chi connectivity index (χ3n) is 3.68. The van der Waals surface area contributed by atoms with E-state index in [1.54, 1.807) is 18.4 Å². The van der Waals surface area contributed by atoms with E-state index in [9.17, 15) is 23.1 Å². The summed E-state index contributed by atoms with van der Waals surface area (Å²) in [5, 5.41) is 21.1. The van der Waals surface area contributed by atoms with E-state index < -0.39 is 17.8 Å². The Morgan fingerprint density at radius 2 is 1.96 bits per heavy atom. The summed E-state index contributed by atoms with van der Waals surface area (Å²) in [6, 6.07) is 0. The number of amides is 1. The molecule has 2 aromatic rings. The summed E-state index contributed by atoms with van der Waals surface area (Å²) in [4.78, 5) is 13.7. The molecule has 24 heavy (non-hydrogen) atoms. The first-order valence-electron chi connectivity index (χ1n) is 7.13. The zero-order valence-corrected chi connectivity index (χ0v) is 12.9. The van der Waals surface area contributed by atoms with Crippen molar-refractivity contribution in [3.63, 3.8) is 0 Å². The topological polar surface area (TPSA) is 89.1 Å². The third kappa shape index (κ3) is 2.86. The number of rotatable bonds is 2. The van der Waals surface area contributed by atoms with E-state index in [0.717, 1.165) is 6.20 Å². The van der Waals surface area contributed by atoms with Gasteiger partial charge >= 0.3 is 6.30 Å². The molecule has 8 nitrogen and oxygen atoms in total. The highest BCUT2D eigenvalue weighted by Crippen LogP contribution is 2.24. The Morgan fingerprint density at radius 1 is 1.25 bits per heavy atom. The van der Waals surface area contributed by atoms with Gasteiger partial charge in [-0.2, -0.15) is 9.78 Å². The van der Waals surface area contributed by atoms with Crippen molar-refractivity contribution in [2.75, 3.05) is 6.54 Å². The summed E-state index contributed by atoms with van der Waals surface area (Å²) >= 11 is 0. The van der Waals surface area contributed by atoms with E-state index in [-0.39, 0.29) is 23.3 Å². The average Bonchev–Trinajstić information content (AvgIpc) is 3.11. The fourth-order valence-electron chi connectivity index (χ4n) is 2.54. The lowest BCUT2D eigenvalue weighted by Crippen LogP contribution is -2.39. The van der Waals surface area contributed by atoms with Gasteiger partial charge in [0.1, 0.15) is 5.60 Å². The largest absolute Gasteiger partial charge is 0.504 e. The smallest absolute Gasteiger partial charge is 0.382 e. The summed E-state index contributed by atoms with van der Waals surface area (Å²) < 4.78 is 39.1. The van der Waals surface area contributed by atoms with Crippen LogP contribution in [0.5, 0.6) is 0 Å². The van der Waals surface area contributed by atoms with Crippen LogP contribution in [0.2, 0.25) is 0 Å². The molecule has 1 N–H and O–H groups in total. The van der Waals surface area contributed by atoms with E-state index in [1.807, 2.05) is 0 Å². The fourth-order valence-corrected chi connectivity index (χ4v) is 2.54. The first-order valence-corrected chi connectivity index (χ1v) is 7.13. The maximum atomic E-state index is 12.5. The first-order chi connectivity index (χ1) is 11.1. The number of carbonyl (C=O) groups is 1. The molecule has 3 heterocycles. The van der Waals surface area contributed by atoms with E-state index in [2.05, 4.69) is 15.3 Å². The van der Waals surface area contributed by atoms with Crippen LogP contribution in [0.15, 0.2) is 12.4 Å². The van der Waals surface area contributed by atoms with Gasteiger partial charge in [0.15, 0.2) is 11.6 Å². The molecule has 2 aromatic heterocycles. The molecule has 1 amide bonds. The molecule has 0 saturated carbocycles. The summed E-state index contributed by atoms with van der Waals surface area (Å²) in [5.41, 5.74) is -1.33. The van der Waals surface area contributed by atoms with E-state index in [4.69, 9.17) is 0 Å². The van der Waals surface area contributed by atoms with Crippen molar-refractivity contribution in [2.45, 2.75) is 38.8 Å². The minimum absolute atomic E-state index is 0.0963. The van der Waals surface area contributed by atoms with Gasteiger partial charge in [0.05, 0.1) is 18.3 Å². The van der Waals surface area contributed by atoms with Crippen molar-refractivity contribution in [3.05, 3.63) is 29.6 Å². The van der Waals surface area contributed by atoms with Gasteiger partial charge in [0, 0.05) is 19.3 Å². The monoisotopic (exact) mass is 344 g/mol. The molecule has 0 bridgehead atoms. The van der Waals surface area contributed by atoms with Crippen molar-refractivity contribution < 1.29 is 23.1 Å². The van der Waals surface area contributed by atoms with Crippen LogP contribution in [0.3, 0.4) is 0 Å². The number of hydrogen-bond donors (Lipinski definition) is 1. The van der Waals surface area contributed by atoms with Crippen molar-refractivity contribution in [1.29, 1.82) is 0 Å². The number of aromatic nitrogens is 5. The molecule has 1 aliphatic heterocycles. The summed E-state index contributed by atoms with van der Waals surface area (Å²) in [6.07, 6.45) is -3.12. The number of halogens is 3. The number of carbonyl (C=O) groups excluding carboxylic acids is 1. The normalized spacial score (nSPS) is 15.5. The lowest BCUT2D eigenvalue weighted by molar-refractivity contribution is -0.212. The summed E-state index contributed by atoms with van der Waals surface area (Å²) in [6.45, 7) is 3.87. The second kappa shape index (κ2) is 5.30. The Labute approximate surface area is 134 Å². The minimum Gasteiger partial charge on any atom is -0.382 e. The summed E-state index contributed by atoms with van der Waals surface area (Å²) in [5.74, 6) is 0.286. The van der Waals surface area contributed by atoms with Crippen LogP contribution in [0.25, 0.3) is 0 Å². The highest BCUT2D eigenvalue weighted by molar-refractivity contribution is 5.93. The van der Waals surface area contributed by atoms with E-state index >= 15 is 0 Å². The number of fused-ring (bicyclic) bond motifs is 1. The molecule has 0 aromatic carbocycles. The Bertz CT molecular complexity index is 773. The summed E-state index contributed by atoms with van der Waals surface area (Å²) in [7, 11) is 0. The van der Waals surface area contributed by atoms with E-state index in [1.165, 1.54) is 4.90 Å². The van der Waals surface area contributed by atoms with Gasteiger partial charge < -0.3 is 14.6 Å². The predicted molar refractivity (Wildman–Crippen MR) is 73.5 cm³/mol. The van der Waals surface area contributed by atoms with Crippen molar-refractivity contribution in [2.24, 2.45) is 0 Å². The second-order valence-electron chi connectivity index (χ2n) is 6.02. The van der Waals surface area contributed by atoms with Crippen LogP contribution in [0.1, 0.15) is 35.9 Å². The molecular weight excluding hydrogens is 329 g/mol. The Morgan fingerprint density at radius 3 is 2.54 bits per heavy atom. The molecule has 3 rings (SSSR count). The number of nitrogens with zero attached hydrogens (tertiary/aromatic N) is 6. The van der Waals surface area contributed by atoms with Gasteiger partial charge in [0.2, 0.25) is 0 Å². The van der Waals surface area contributed by atoms with Gasteiger partial charge in [-0.1, -0.05) is 0 Å². The Hall–Kier alpha value is -2.43. The third-order valence-corrected chi connectivity index (χ3v) is 3.68. The molecule has 0 spiro atoms. The van der Waals surface area contributed by atoms with Gasteiger partial charge in [-0.3, -0.25) is 4.79 Å². The highest BCUT2D eigenvalue weighted by Gasteiger charge is 2.34. The molecular formula is C13H15F3N6O2. The highest BCUT2D eigenvalue weighted by atomic mass is 19.4. The maximum Gasteiger partial charge on any atom is 0.504 e. The molecule has 0 unspecified atom stereocenters. The maximum absolute atomic E-state index is 12.5. The number of aliphatic hydroxyl groups is 1. The number of alkyl halides is 3.